The van der Waals surface area contributed by atoms with Crippen molar-refractivity contribution in [3.63, 3.8) is 0 Å². The van der Waals surface area contributed by atoms with Gasteiger partial charge in [0.05, 0.1) is 0 Å². The van der Waals surface area contributed by atoms with Crippen molar-refractivity contribution in [2.24, 2.45) is 0 Å². The number of benzene rings is 2. The van der Waals surface area contributed by atoms with E-state index >= 15 is 0 Å². The largest absolute Gasteiger partial charge is 0.352 e. The Balaban J connectivity index is 1.41. The maximum absolute atomic E-state index is 12.3. The number of amides is 1. The molecule has 0 bridgehead atoms. The van der Waals surface area contributed by atoms with Gasteiger partial charge in [0.1, 0.15) is 0 Å². The van der Waals surface area contributed by atoms with E-state index in [4.69, 9.17) is 0 Å². The summed E-state index contributed by atoms with van der Waals surface area (Å²) in [5, 5.41) is 3.04. The van der Waals surface area contributed by atoms with Gasteiger partial charge in [-0.05, 0) is 69.0 Å². The molecule has 3 rings (SSSR count). The summed E-state index contributed by atoms with van der Waals surface area (Å²) in [4.78, 5) is 14.9. The molecule has 1 aliphatic rings. The summed E-state index contributed by atoms with van der Waals surface area (Å²) in [5.41, 5.74) is 4.66. The van der Waals surface area contributed by atoms with Crippen LogP contribution in [-0.2, 0) is 13.0 Å². The molecule has 0 aliphatic carbocycles. The van der Waals surface area contributed by atoms with E-state index in [0.29, 0.717) is 6.54 Å². The van der Waals surface area contributed by atoms with Crippen LogP contribution in [0.1, 0.15) is 59.2 Å². The smallest absolute Gasteiger partial charge is 0.251 e. The summed E-state index contributed by atoms with van der Waals surface area (Å²) < 4.78 is 0. The molecule has 1 saturated heterocycles. The van der Waals surface area contributed by atoms with Crippen molar-refractivity contribution in [2.45, 2.75) is 52.0 Å². The molecule has 0 spiro atoms. The summed E-state index contributed by atoms with van der Waals surface area (Å²) >= 11 is 0. The summed E-state index contributed by atoms with van der Waals surface area (Å²) in [6.07, 6.45) is 7.29. The Labute approximate surface area is 163 Å². The molecule has 144 valence electrons. The Morgan fingerprint density at radius 1 is 0.889 bits per heavy atom. The van der Waals surface area contributed by atoms with Crippen molar-refractivity contribution in [3.8, 4) is 0 Å². The lowest BCUT2D eigenvalue weighted by molar-refractivity contribution is 0.0953. The molecule has 2 aromatic carbocycles. The quantitative estimate of drug-likeness (QED) is 0.720. The van der Waals surface area contributed by atoms with Crippen molar-refractivity contribution in [2.75, 3.05) is 19.6 Å². The van der Waals surface area contributed by atoms with Crippen LogP contribution in [-0.4, -0.2) is 30.4 Å². The molecule has 0 radical (unpaired) electrons. The maximum Gasteiger partial charge on any atom is 0.251 e. The first-order valence-electron chi connectivity index (χ1n) is 10.4. The molecule has 1 fully saturated rings. The van der Waals surface area contributed by atoms with Gasteiger partial charge in [0.2, 0.25) is 0 Å². The minimum atomic E-state index is 0.0280. The molecule has 0 aromatic heterocycles. The van der Waals surface area contributed by atoms with Crippen molar-refractivity contribution < 1.29 is 4.79 Å². The van der Waals surface area contributed by atoms with E-state index in [1.165, 1.54) is 55.5 Å². The second-order valence-electron chi connectivity index (χ2n) is 7.73. The van der Waals surface area contributed by atoms with Crippen LogP contribution in [0, 0.1) is 6.92 Å². The average molecular weight is 365 g/mol. The lowest BCUT2D eigenvalue weighted by Crippen LogP contribution is -2.25. The van der Waals surface area contributed by atoms with Gasteiger partial charge in [-0.15, -0.1) is 0 Å². The molecule has 0 saturated carbocycles. The van der Waals surface area contributed by atoms with Gasteiger partial charge in [-0.3, -0.25) is 9.69 Å². The van der Waals surface area contributed by atoms with Crippen LogP contribution in [0.15, 0.2) is 48.5 Å². The molecule has 27 heavy (non-hydrogen) atoms. The second-order valence-corrected chi connectivity index (χ2v) is 7.73. The van der Waals surface area contributed by atoms with Gasteiger partial charge >= 0.3 is 0 Å². The van der Waals surface area contributed by atoms with Gasteiger partial charge in [-0.1, -0.05) is 54.8 Å². The molecule has 2 aromatic rings. The average Bonchev–Trinajstić information content (AvgIpc) is 2.96. The van der Waals surface area contributed by atoms with Crippen LogP contribution < -0.4 is 5.32 Å². The highest BCUT2D eigenvalue weighted by Crippen LogP contribution is 2.14. The number of likely N-dealkylation sites (tertiary alicyclic amines) is 1. The Kier molecular flexibility index (Phi) is 7.46. The monoisotopic (exact) mass is 364 g/mol. The van der Waals surface area contributed by atoms with Crippen molar-refractivity contribution >= 4 is 5.91 Å². The van der Waals surface area contributed by atoms with Gasteiger partial charge in [0, 0.05) is 18.7 Å². The molecule has 1 heterocycles. The van der Waals surface area contributed by atoms with Gasteiger partial charge in [0.25, 0.3) is 5.91 Å². The molecule has 1 amide bonds. The van der Waals surface area contributed by atoms with Crippen molar-refractivity contribution in [3.05, 3.63) is 70.8 Å². The third-order valence-corrected chi connectivity index (χ3v) is 5.37. The van der Waals surface area contributed by atoms with Gasteiger partial charge in [-0.2, -0.15) is 0 Å². The third-order valence-electron chi connectivity index (χ3n) is 5.37. The molecular formula is C24H32N2O. The zero-order valence-electron chi connectivity index (χ0n) is 16.5. The molecule has 1 aliphatic heterocycles. The zero-order valence-corrected chi connectivity index (χ0v) is 16.5. The number of carbonyl (C=O) groups excluding carboxylic acids is 1. The van der Waals surface area contributed by atoms with Crippen LogP contribution in [0.25, 0.3) is 0 Å². The lowest BCUT2D eigenvalue weighted by atomic mass is 10.1. The minimum Gasteiger partial charge on any atom is -0.352 e. The predicted octanol–water partition coefficient (Wildman–Crippen LogP) is 4.73. The standard InChI is InChI=1S/C24H32N2O/c1-20-8-10-21(11-9-20)7-6-16-25-24(27)23-14-12-22(13-15-23)19-26-17-4-2-3-5-18-26/h8-15H,2-7,16-19H2,1H3,(H,25,27). The Morgan fingerprint density at radius 2 is 1.52 bits per heavy atom. The fourth-order valence-electron chi connectivity index (χ4n) is 3.67. The van der Waals surface area contributed by atoms with Crippen LogP contribution >= 0.6 is 0 Å². The minimum absolute atomic E-state index is 0.0280. The highest BCUT2D eigenvalue weighted by atomic mass is 16.1. The van der Waals surface area contributed by atoms with Crippen molar-refractivity contribution in [1.82, 2.24) is 10.2 Å². The first-order valence-corrected chi connectivity index (χ1v) is 10.4. The molecular weight excluding hydrogens is 332 g/mol. The Bertz CT molecular complexity index is 698. The predicted molar refractivity (Wildman–Crippen MR) is 112 cm³/mol. The topological polar surface area (TPSA) is 32.3 Å². The van der Waals surface area contributed by atoms with Gasteiger partial charge in [0.15, 0.2) is 0 Å². The number of carbonyl (C=O) groups is 1. The summed E-state index contributed by atoms with van der Waals surface area (Å²) in [6, 6.07) is 16.7. The molecule has 3 heteroatoms. The van der Waals surface area contributed by atoms with Crippen LogP contribution in [0.2, 0.25) is 0 Å². The van der Waals surface area contributed by atoms with E-state index in [9.17, 15) is 4.79 Å². The van der Waals surface area contributed by atoms with Crippen LogP contribution in [0.4, 0.5) is 0 Å². The molecule has 0 atom stereocenters. The number of nitrogens with one attached hydrogen (secondary N) is 1. The van der Waals surface area contributed by atoms with Gasteiger partial charge < -0.3 is 5.32 Å². The summed E-state index contributed by atoms with van der Waals surface area (Å²) in [7, 11) is 0. The highest BCUT2D eigenvalue weighted by Gasteiger charge is 2.10. The van der Waals surface area contributed by atoms with E-state index in [1.807, 2.05) is 12.1 Å². The lowest BCUT2D eigenvalue weighted by Gasteiger charge is -2.19. The molecule has 0 unspecified atom stereocenters. The van der Waals surface area contributed by atoms with E-state index in [-0.39, 0.29) is 5.91 Å². The highest BCUT2D eigenvalue weighted by molar-refractivity contribution is 5.94. The van der Waals surface area contributed by atoms with Crippen LogP contribution in [0.5, 0.6) is 0 Å². The normalized spacial score (nSPS) is 15.3. The van der Waals surface area contributed by atoms with E-state index in [1.54, 1.807) is 0 Å². The zero-order chi connectivity index (χ0) is 18.9. The second kappa shape index (κ2) is 10.3. The van der Waals surface area contributed by atoms with Crippen LogP contribution in [0.3, 0.4) is 0 Å². The SMILES string of the molecule is Cc1ccc(CCCNC(=O)c2ccc(CN3CCCCCC3)cc2)cc1. The third kappa shape index (κ3) is 6.51. The number of hydrogen-bond donors (Lipinski definition) is 1. The first kappa shape index (κ1) is 19.6. The Hall–Kier alpha value is -2.13. The molecule has 1 N–H and O–H groups in total. The fraction of sp³-hybridized carbons (Fsp3) is 0.458. The van der Waals surface area contributed by atoms with E-state index in [2.05, 4.69) is 53.5 Å². The number of nitrogens with zero attached hydrogens (tertiary/aromatic N) is 1. The van der Waals surface area contributed by atoms with E-state index in [0.717, 1.165) is 24.9 Å². The first-order chi connectivity index (χ1) is 13.2. The molecule has 3 nitrogen and oxygen atoms in total. The summed E-state index contributed by atoms with van der Waals surface area (Å²) in [6.45, 7) is 6.20. The number of aryl methyl sites for hydroxylation is 2. The fourth-order valence-corrected chi connectivity index (χ4v) is 3.67. The maximum atomic E-state index is 12.3. The van der Waals surface area contributed by atoms with Gasteiger partial charge in [-0.25, -0.2) is 0 Å². The number of rotatable bonds is 7. The number of hydrogen-bond acceptors (Lipinski definition) is 2. The van der Waals surface area contributed by atoms with E-state index < -0.39 is 0 Å². The van der Waals surface area contributed by atoms with Crippen molar-refractivity contribution in [1.29, 1.82) is 0 Å². The Morgan fingerprint density at radius 3 is 2.19 bits per heavy atom. The summed E-state index contributed by atoms with van der Waals surface area (Å²) in [5.74, 6) is 0.0280.